The highest BCUT2D eigenvalue weighted by Gasteiger charge is 2.57. The molecule has 24 heavy (non-hydrogen) atoms. The molecule has 4 fully saturated rings. The van der Waals surface area contributed by atoms with Crippen molar-refractivity contribution in [1.82, 2.24) is 0 Å². The smallest absolute Gasteiger partial charge is 0.0630 e. The molecule has 0 amide bonds. The van der Waals surface area contributed by atoms with Crippen molar-refractivity contribution in [1.29, 1.82) is 0 Å². The van der Waals surface area contributed by atoms with Gasteiger partial charge in [0.25, 0.3) is 0 Å². The lowest BCUT2D eigenvalue weighted by Crippen LogP contribution is -2.55. The summed E-state index contributed by atoms with van der Waals surface area (Å²) in [4.78, 5) is 5.89. The molecule has 4 saturated carbocycles. The third-order valence-electron chi connectivity index (χ3n) is 6.35. The molecule has 2 atom stereocenters. The fourth-order valence-electron chi connectivity index (χ4n) is 5.89. The van der Waals surface area contributed by atoms with Crippen molar-refractivity contribution in [2.45, 2.75) is 48.8 Å². The van der Waals surface area contributed by atoms with Crippen LogP contribution in [-0.4, -0.2) is 11.1 Å². The molecular weight excluding hydrogens is 334 g/mol. The number of nitrogens with zero attached hydrogens (tertiary/aromatic N) is 1. The Morgan fingerprint density at radius 2 is 1.79 bits per heavy atom. The van der Waals surface area contributed by atoms with Crippen LogP contribution < -0.4 is 0 Å². The third-order valence-corrected chi connectivity index (χ3v) is 7.60. The molecule has 4 bridgehead atoms. The van der Waals surface area contributed by atoms with Crippen molar-refractivity contribution in [3.8, 4) is 0 Å². The molecule has 1 nitrogen and oxygen atoms in total. The number of thiophene rings is 1. The predicted octanol–water partition coefficient (Wildman–Crippen LogP) is 6.33. The van der Waals surface area contributed by atoms with Gasteiger partial charge in [0.05, 0.1) is 5.69 Å². The second kappa shape index (κ2) is 5.44. The van der Waals surface area contributed by atoms with Crippen molar-refractivity contribution in [2.24, 2.45) is 16.8 Å². The Kier molecular flexibility index (Phi) is 3.44. The van der Waals surface area contributed by atoms with Gasteiger partial charge < -0.3 is 0 Å². The summed E-state index contributed by atoms with van der Waals surface area (Å²) in [5, 5.41) is 2.08. The van der Waals surface area contributed by atoms with E-state index in [1.54, 1.807) is 11.3 Å². The van der Waals surface area contributed by atoms with E-state index in [1.165, 1.54) is 49.0 Å². The van der Waals surface area contributed by atoms with E-state index in [0.29, 0.717) is 5.41 Å². The van der Waals surface area contributed by atoms with Gasteiger partial charge in [-0.1, -0.05) is 18.2 Å². The summed E-state index contributed by atoms with van der Waals surface area (Å²) in [5.41, 5.74) is 2.87. The molecular formula is C21H22ClNS. The van der Waals surface area contributed by atoms with Gasteiger partial charge >= 0.3 is 0 Å². The van der Waals surface area contributed by atoms with Crippen LogP contribution in [0.1, 0.15) is 49.0 Å². The molecule has 2 unspecified atom stereocenters. The van der Waals surface area contributed by atoms with Crippen LogP contribution in [0, 0.1) is 11.8 Å². The first kappa shape index (κ1) is 15.2. The highest BCUT2D eigenvalue weighted by atomic mass is 35.5. The monoisotopic (exact) mass is 355 g/mol. The number of aliphatic imine (C=N–C) groups is 1. The van der Waals surface area contributed by atoms with Gasteiger partial charge in [-0.05, 0) is 84.9 Å². The molecule has 0 radical (unpaired) electrons. The molecule has 0 spiro atoms. The maximum absolute atomic E-state index is 6.99. The van der Waals surface area contributed by atoms with Crippen LogP contribution in [0.2, 0.25) is 0 Å². The quantitative estimate of drug-likeness (QED) is 0.450. The maximum Gasteiger partial charge on any atom is 0.0630 e. The Labute approximate surface area is 152 Å². The second-order valence-corrected chi connectivity index (χ2v) is 9.99. The fraction of sp³-hybridized carbons (Fsp3) is 0.476. The van der Waals surface area contributed by atoms with E-state index in [1.807, 2.05) is 6.21 Å². The zero-order valence-electron chi connectivity index (χ0n) is 13.7. The highest BCUT2D eigenvalue weighted by Crippen LogP contribution is 2.64. The Bertz CT molecular complexity index is 748. The van der Waals surface area contributed by atoms with Crippen molar-refractivity contribution < 1.29 is 0 Å². The first-order valence-electron chi connectivity index (χ1n) is 9.00. The van der Waals surface area contributed by atoms with Crippen molar-refractivity contribution in [3.05, 3.63) is 52.2 Å². The molecule has 1 heterocycles. The Hall–Kier alpha value is -1.12. The van der Waals surface area contributed by atoms with Gasteiger partial charge in [-0.15, -0.1) is 22.9 Å². The molecule has 4 aliphatic carbocycles. The van der Waals surface area contributed by atoms with Crippen molar-refractivity contribution in [3.63, 3.8) is 0 Å². The number of alkyl halides is 1. The van der Waals surface area contributed by atoms with Crippen molar-refractivity contribution in [2.75, 3.05) is 0 Å². The summed E-state index contributed by atoms with van der Waals surface area (Å²) in [6.07, 6.45) is 9.72. The number of halogens is 1. The van der Waals surface area contributed by atoms with Crippen LogP contribution in [0.25, 0.3) is 0 Å². The largest absolute Gasteiger partial charge is 0.255 e. The summed E-state index contributed by atoms with van der Waals surface area (Å²) in [7, 11) is 0. The molecule has 6 rings (SSSR count). The summed E-state index contributed by atoms with van der Waals surface area (Å²) in [6.45, 7) is 0. The lowest BCUT2D eigenvalue weighted by atomic mass is 9.47. The van der Waals surface area contributed by atoms with Crippen LogP contribution in [-0.2, 0) is 5.41 Å². The molecule has 2 aromatic rings. The average molecular weight is 356 g/mol. The van der Waals surface area contributed by atoms with Crippen molar-refractivity contribution >= 4 is 34.8 Å². The van der Waals surface area contributed by atoms with Gasteiger partial charge in [-0.2, -0.15) is 0 Å². The number of hydrogen-bond acceptors (Lipinski definition) is 2. The minimum absolute atomic E-state index is 0.0834. The highest BCUT2D eigenvalue weighted by molar-refractivity contribution is 7.11. The van der Waals surface area contributed by atoms with Gasteiger partial charge in [0.2, 0.25) is 0 Å². The number of hydrogen-bond donors (Lipinski definition) is 0. The Morgan fingerprint density at radius 1 is 1.04 bits per heavy atom. The van der Waals surface area contributed by atoms with Gasteiger partial charge in [0.15, 0.2) is 0 Å². The summed E-state index contributed by atoms with van der Waals surface area (Å²) >= 11 is 8.71. The van der Waals surface area contributed by atoms with Crippen LogP contribution in [0.4, 0.5) is 5.69 Å². The first-order valence-corrected chi connectivity index (χ1v) is 10.3. The lowest BCUT2D eigenvalue weighted by Gasteiger charge is -2.60. The van der Waals surface area contributed by atoms with E-state index in [-0.39, 0.29) is 4.87 Å². The van der Waals surface area contributed by atoms with E-state index in [0.717, 1.165) is 17.5 Å². The molecule has 124 valence electrons. The topological polar surface area (TPSA) is 12.4 Å². The Morgan fingerprint density at radius 3 is 2.42 bits per heavy atom. The van der Waals surface area contributed by atoms with E-state index in [9.17, 15) is 0 Å². The molecule has 1 aromatic heterocycles. The van der Waals surface area contributed by atoms with Crippen LogP contribution in [0.15, 0.2) is 46.8 Å². The normalized spacial score (nSPS) is 37.4. The molecule has 0 saturated heterocycles. The van der Waals surface area contributed by atoms with Crippen LogP contribution in [0.3, 0.4) is 0 Å². The number of rotatable bonds is 3. The first-order chi connectivity index (χ1) is 11.6. The van der Waals surface area contributed by atoms with E-state index in [2.05, 4.69) is 46.8 Å². The molecule has 0 N–H and O–H groups in total. The van der Waals surface area contributed by atoms with Crippen LogP contribution >= 0.6 is 22.9 Å². The third kappa shape index (κ3) is 2.55. The summed E-state index contributed by atoms with van der Waals surface area (Å²) in [5.74, 6) is 1.69. The van der Waals surface area contributed by atoms with Gasteiger partial charge in [-0.3, -0.25) is 4.99 Å². The maximum atomic E-state index is 6.99. The van der Waals surface area contributed by atoms with Crippen LogP contribution in [0.5, 0.6) is 0 Å². The Balaban J connectivity index is 1.41. The van der Waals surface area contributed by atoms with E-state index in [4.69, 9.17) is 11.6 Å². The minimum atomic E-state index is 0.0834. The standard InChI is InChI=1S/C21H22ClNS/c22-21-11-15-8-16(12-21)10-20(9-15,14-21)17-3-5-18(6-4-17)23-13-19-2-1-7-24-19/h1-7,13,15-16H,8-12,14H2. The summed E-state index contributed by atoms with van der Waals surface area (Å²) in [6, 6.07) is 13.1. The van der Waals surface area contributed by atoms with Gasteiger partial charge in [0, 0.05) is 16.0 Å². The zero-order valence-corrected chi connectivity index (χ0v) is 15.3. The second-order valence-electron chi connectivity index (χ2n) is 8.21. The SMILES string of the molecule is ClC12CC3CC(C1)CC(c1ccc(N=Cc4cccs4)cc1)(C3)C2. The number of benzene rings is 1. The summed E-state index contributed by atoms with van der Waals surface area (Å²) < 4.78 is 0. The predicted molar refractivity (Wildman–Crippen MR) is 103 cm³/mol. The van der Waals surface area contributed by atoms with E-state index < -0.39 is 0 Å². The lowest BCUT2D eigenvalue weighted by molar-refractivity contribution is 0.00900. The molecule has 0 aliphatic heterocycles. The van der Waals surface area contributed by atoms with E-state index >= 15 is 0 Å². The van der Waals surface area contributed by atoms with Gasteiger partial charge in [0.1, 0.15) is 0 Å². The molecule has 4 aliphatic rings. The van der Waals surface area contributed by atoms with Gasteiger partial charge in [-0.25, -0.2) is 0 Å². The average Bonchev–Trinajstić information content (AvgIpc) is 3.04. The molecule has 1 aromatic carbocycles. The minimum Gasteiger partial charge on any atom is -0.255 e. The fourth-order valence-corrected chi connectivity index (χ4v) is 7.17. The molecule has 3 heteroatoms. The zero-order chi connectivity index (χ0) is 16.2.